The van der Waals surface area contributed by atoms with Crippen LogP contribution in [0.3, 0.4) is 0 Å². The zero-order valence-corrected chi connectivity index (χ0v) is 12.4. The zero-order valence-electron chi connectivity index (χ0n) is 10.8. The fourth-order valence-electron chi connectivity index (χ4n) is 1.83. The van der Waals surface area contributed by atoms with E-state index in [4.69, 9.17) is 10.5 Å². The molecule has 2 aromatic rings. The summed E-state index contributed by atoms with van der Waals surface area (Å²) in [6, 6.07) is 8.46. The third-order valence-corrected chi connectivity index (χ3v) is 4.13. The van der Waals surface area contributed by atoms with Gasteiger partial charge < -0.3 is 10.5 Å². The Kier molecular flexibility index (Phi) is 4.10. The molecule has 19 heavy (non-hydrogen) atoms. The van der Waals surface area contributed by atoms with Crippen molar-refractivity contribution in [3.05, 3.63) is 57.3 Å². The summed E-state index contributed by atoms with van der Waals surface area (Å²) >= 11 is 3.50. The predicted octanol–water partition coefficient (Wildman–Crippen LogP) is 4.37. The van der Waals surface area contributed by atoms with Gasteiger partial charge in [-0.05, 0) is 49.2 Å². The molecule has 0 aliphatic carbocycles. The molecule has 2 aromatic carbocycles. The van der Waals surface area contributed by atoms with Crippen LogP contribution in [0.15, 0.2) is 34.8 Å². The van der Waals surface area contributed by atoms with Crippen molar-refractivity contribution >= 4 is 21.6 Å². The average molecular weight is 324 g/mol. The zero-order chi connectivity index (χ0) is 14.0. The van der Waals surface area contributed by atoms with Crippen molar-refractivity contribution in [1.29, 1.82) is 0 Å². The standard InChI is InChI=1S/C15H15BrFNO/c1-9-5-13(6-10(2)15(9)16)19-8-11-3-4-12(18)7-14(11)17/h3-7H,8,18H2,1-2H3. The van der Waals surface area contributed by atoms with E-state index in [1.54, 1.807) is 12.1 Å². The minimum atomic E-state index is -0.342. The van der Waals surface area contributed by atoms with Gasteiger partial charge in [0.25, 0.3) is 0 Å². The van der Waals surface area contributed by atoms with E-state index in [0.717, 1.165) is 21.3 Å². The molecule has 2 rings (SSSR count). The second-order valence-electron chi connectivity index (χ2n) is 4.51. The molecule has 100 valence electrons. The van der Waals surface area contributed by atoms with Gasteiger partial charge in [0.15, 0.2) is 0 Å². The van der Waals surface area contributed by atoms with Gasteiger partial charge in [0.05, 0.1) is 0 Å². The fourth-order valence-corrected chi connectivity index (χ4v) is 2.06. The number of aryl methyl sites for hydroxylation is 2. The van der Waals surface area contributed by atoms with Crippen LogP contribution in [-0.2, 0) is 6.61 Å². The summed E-state index contributed by atoms with van der Waals surface area (Å²) in [7, 11) is 0. The number of hydrogen-bond donors (Lipinski definition) is 1. The molecular weight excluding hydrogens is 309 g/mol. The van der Waals surface area contributed by atoms with Gasteiger partial charge in [-0.25, -0.2) is 4.39 Å². The quantitative estimate of drug-likeness (QED) is 0.851. The Hall–Kier alpha value is -1.55. The summed E-state index contributed by atoms with van der Waals surface area (Å²) in [4.78, 5) is 0. The van der Waals surface area contributed by atoms with Crippen LogP contribution in [0.1, 0.15) is 16.7 Å². The van der Waals surface area contributed by atoms with Crippen LogP contribution in [0.25, 0.3) is 0 Å². The molecule has 0 aliphatic rings. The first-order chi connectivity index (χ1) is 8.97. The third-order valence-electron chi connectivity index (χ3n) is 2.88. The Morgan fingerprint density at radius 2 is 1.79 bits per heavy atom. The van der Waals surface area contributed by atoms with Crippen molar-refractivity contribution in [2.45, 2.75) is 20.5 Å². The SMILES string of the molecule is Cc1cc(OCc2ccc(N)cc2F)cc(C)c1Br. The number of nitrogen functional groups attached to an aromatic ring is 1. The van der Waals surface area contributed by atoms with Gasteiger partial charge >= 0.3 is 0 Å². The van der Waals surface area contributed by atoms with Crippen LogP contribution in [0.5, 0.6) is 5.75 Å². The maximum atomic E-state index is 13.6. The summed E-state index contributed by atoms with van der Waals surface area (Å²) in [5, 5.41) is 0. The highest BCUT2D eigenvalue weighted by molar-refractivity contribution is 9.10. The van der Waals surface area contributed by atoms with E-state index in [-0.39, 0.29) is 12.4 Å². The topological polar surface area (TPSA) is 35.2 Å². The van der Waals surface area contributed by atoms with E-state index in [1.165, 1.54) is 6.07 Å². The van der Waals surface area contributed by atoms with Crippen molar-refractivity contribution in [3.63, 3.8) is 0 Å². The van der Waals surface area contributed by atoms with Gasteiger partial charge in [0.2, 0.25) is 0 Å². The van der Waals surface area contributed by atoms with Crippen LogP contribution in [0, 0.1) is 19.7 Å². The molecule has 0 atom stereocenters. The van der Waals surface area contributed by atoms with E-state index in [2.05, 4.69) is 15.9 Å². The number of rotatable bonds is 3. The molecule has 0 saturated heterocycles. The van der Waals surface area contributed by atoms with Crippen LogP contribution in [0.2, 0.25) is 0 Å². The molecule has 0 heterocycles. The Bertz CT molecular complexity index is 590. The smallest absolute Gasteiger partial charge is 0.131 e. The van der Waals surface area contributed by atoms with Crippen molar-refractivity contribution in [3.8, 4) is 5.75 Å². The average Bonchev–Trinajstić information content (AvgIpc) is 2.34. The second kappa shape index (κ2) is 5.61. The molecule has 0 bridgehead atoms. The first kappa shape index (κ1) is 13.9. The molecule has 0 amide bonds. The van der Waals surface area contributed by atoms with E-state index in [1.807, 2.05) is 26.0 Å². The van der Waals surface area contributed by atoms with Gasteiger partial charge in [0.1, 0.15) is 18.2 Å². The lowest BCUT2D eigenvalue weighted by atomic mass is 10.1. The van der Waals surface area contributed by atoms with Crippen molar-refractivity contribution in [2.24, 2.45) is 0 Å². The monoisotopic (exact) mass is 323 g/mol. The summed E-state index contributed by atoms with van der Waals surface area (Å²) in [6.45, 7) is 4.17. The highest BCUT2D eigenvalue weighted by atomic mass is 79.9. The molecule has 0 radical (unpaired) electrons. The maximum absolute atomic E-state index is 13.6. The lowest BCUT2D eigenvalue weighted by Gasteiger charge is -2.11. The number of ether oxygens (including phenoxy) is 1. The van der Waals surface area contributed by atoms with Crippen LogP contribution in [-0.4, -0.2) is 0 Å². The second-order valence-corrected chi connectivity index (χ2v) is 5.30. The number of halogens is 2. The highest BCUT2D eigenvalue weighted by Crippen LogP contribution is 2.27. The summed E-state index contributed by atoms with van der Waals surface area (Å²) in [5.41, 5.74) is 8.59. The van der Waals surface area contributed by atoms with Crippen LogP contribution >= 0.6 is 15.9 Å². The van der Waals surface area contributed by atoms with Gasteiger partial charge in [-0.2, -0.15) is 0 Å². The molecule has 0 aromatic heterocycles. The Morgan fingerprint density at radius 3 is 2.37 bits per heavy atom. The minimum Gasteiger partial charge on any atom is -0.489 e. The van der Waals surface area contributed by atoms with Crippen molar-refractivity contribution < 1.29 is 9.13 Å². The summed E-state index contributed by atoms with van der Waals surface area (Å²) in [6.07, 6.45) is 0. The van der Waals surface area contributed by atoms with Crippen molar-refractivity contribution in [1.82, 2.24) is 0 Å². The predicted molar refractivity (Wildman–Crippen MR) is 78.8 cm³/mol. The van der Waals surface area contributed by atoms with E-state index < -0.39 is 0 Å². The Labute approximate surface area is 120 Å². The van der Waals surface area contributed by atoms with Crippen LogP contribution in [0.4, 0.5) is 10.1 Å². The molecule has 4 heteroatoms. The van der Waals surface area contributed by atoms with E-state index in [0.29, 0.717) is 11.3 Å². The molecular formula is C15H15BrFNO. The first-order valence-electron chi connectivity index (χ1n) is 5.91. The Morgan fingerprint density at radius 1 is 1.16 bits per heavy atom. The lowest BCUT2D eigenvalue weighted by molar-refractivity contribution is 0.299. The largest absolute Gasteiger partial charge is 0.489 e. The number of benzene rings is 2. The van der Waals surface area contributed by atoms with E-state index >= 15 is 0 Å². The lowest BCUT2D eigenvalue weighted by Crippen LogP contribution is -2.00. The maximum Gasteiger partial charge on any atom is 0.131 e. The van der Waals surface area contributed by atoms with E-state index in [9.17, 15) is 4.39 Å². The summed E-state index contributed by atoms with van der Waals surface area (Å²) in [5.74, 6) is 0.389. The van der Waals surface area contributed by atoms with Gasteiger partial charge in [0, 0.05) is 15.7 Å². The first-order valence-corrected chi connectivity index (χ1v) is 6.70. The van der Waals surface area contributed by atoms with Gasteiger partial charge in [-0.1, -0.05) is 22.0 Å². The highest BCUT2D eigenvalue weighted by Gasteiger charge is 2.06. The van der Waals surface area contributed by atoms with Gasteiger partial charge in [-0.15, -0.1) is 0 Å². The molecule has 2 N–H and O–H groups in total. The third kappa shape index (κ3) is 3.26. The number of hydrogen-bond acceptors (Lipinski definition) is 2. The fraction of sp³-hybridized carbons (Fsp3) is 0.200. The molecule has 0 spiro atoms. The molecule has 0 fully saturated rings. The van der Waals surface area contributed by atoms with Crippen molar-refractivity contribution in [2.75, 3.05) is 5.73 Å². The summed E-state index contributed by atoms with van der Waals surface area (Å²) < 4.78 is 20.3. The number of anilines is 1. The molecule has 0 aliphatic heterocycles. The Balaban J connectivity index is 2.14. The molecule has 2 nitrogen and oxygen atoms in total. The molecule has 0 unspecified atom stereocenters. The van der Waals surface area contributed by atoms with Gasteiger partial charge in [-0.3, -0.25) is 0 Å². The minimum absolute atomic E-state index is 0.187. The molecule has 0 saturated carbocycles. The number of nitrogens with two attached hydrogens (primary N) is 1. The normalized spacial score (nSPS) is 10.5. The van der Waals surface area contributed by atoms with Crippen LogP contribution < -0.4 is 10.5 Å².